The summed E-state index contributed by atoms with van der Waals surface area (Å²) in [5.41, 5.74) is 2.11. The van der Waals surface area contributed by atoms with Gasteiger partial charge in [-0.25, -0.2) is 0 Å². The molecule has 0 unspecified atom stereocenters. The van der Waals surface area contributed by atoms with Crippen LogP contribution in [0.5, 0.6) is 0 Å². The molecule has 0 spiro atoms. The molecule has 27 heavy (non-hydrogen) atoms. The zero-order valence-electron chi connectivity index (χ0n) is 14.9. The van der Waals surface area contributed by atoms with Crippen molar-refractivity contribution in [2.45, 2.75) is 24.8 Å². The molecule has 0 bridgehead atoms. The van der Waals surface area contributed by atoms with Crippen LogP contribution in [0.4, 0.5) is 5.69 Å². The van der Waals surface area contributed by atoms with Gasteiger partial charge in [-0.05, 0) is 24.1 Å². The molecule has 2 aromatic carbocycles. The lowest BCUT2D eigenvalue weighted by Gasteiger charge is -2.20. The first-order valence-electron chi connectivity index (χ1n) is 9.15. The van der Waals surface area contributed by atoms with E-state index in [0.717, 1.165) is 6.42 Å². The van der Waals surface area contributed by atoms with E-state index in [1.54, 1.807) is 29.2 Å². The highest BCUT2D eigenvalue weighted by Gasteiger charge is 2.33. The Bertz CT molecular complexity index is 881. The highest BCUT2D eigenvalue weighted by atomic mass is 16.2. The maximum absolute atomic E-state index is 12.7. The molecule has 2 atom stereocenters. The Morgan fingerprint density at radius 3 is 2.59 bits per heavy atom. The van der Waals surface area contributed by atoms with Crippen LogP contribution in [0.2, 0.25) is 0 Å². The van der Waals surface area contributed by atoms with Crippen LogP contribution in [0, 0.1) is 0 Å². The number of hydrogen-bond acceptors (Lipinski definition) is 3. The van der Waals surface area contributed by atoms with Gasteiger partial charge in [-0.2, -0.15) is 0 Å². The zero-order valence-corrected chi connectivity index (χ0v) is 14.9. The molecule has 6 nitrogen and oxygen atoms in total. The zero-order chi connectivity index (χ0) is 18.8. The number of likely N-dealkylation sites (tertiary alicyclic amines) is 1. The second-order valence-corrected chi connectivity index (χ2v) is 7.00. The minimum atomic E-state index is -0.867. The summed E-state index contributed by atoms with van der Waals surface area (Å²) >= 11 is 0. The predicted molar refractivity (Wildman–Crippen MR) is 101 cm³/mol. The highest BCUT2D eigenvalue weighted by molar-refractivity contribution is 6.10. The minimum Gasteiger partial charge on any atom is -0.342 e. The van der Waals surface area contributed by atoms with Gasteiger partial charge in [-0.1, -0.05) is 42.5 Å². The van der Waals surface area contributed by atoms with Crippen molar-refractivity contribution in [3.63, 3.8) is 0 Å². The lowest BCUT2D eigenvalue weighted by atomic mass is 9.99. The van der Waals surface area contributed by atoms with Gasteiger partial charge in [-0.3, -0.25) is 14.4 Å². The van der Waals surface area contributed by atoms with Crippen molar-refractivity contribution in [3.05, 3.63) is 65.7 Å². The molecule has 138 valence electrons. The maximum atomic E-state index is 12.7. The number of rotatable bonds is 3. The smallest absolute Gasteiger partial charge is 0.254 e. The molecule has 2 heterocycles. The van der Waals surface area contributed by atoms with Crippen molar-refractivity contribution in [2.75, 3.05) is 18.4 Å². The average Bonchev–Trinajstić information content (AvgIpc) is 3.14. The van der Waals surface area contributed by atoms with Crippen molar-refractivity contribution >= 4 is 23.4 Å². The van der Waals surface area contributed by atoms with Gasteiger partial charge in [0.15, 0.2) is 0 Å². The Kier molecular flexibility index (Phi) is 4.62. The fourth-order valence-electron chi connectivity index (χ4n) is 3.74. The summed E-state index contributed by atoms with van der Waals surface area (Å²) in [4.78, 5) is 39.3. The lowest BCUT2D eigenvalue weighted by molar-refractivity contribution is -0.132. The summed E-state index contributed by atoms with van der Waals surface area (Å²) < 4.78 is 0. The number of benzene rings is 2. The number of para-hydroxylation sites is 1. The normalized spacial score (nSPS) is 21.9. The molecule has 2 aliphatic rings. The quantitative estimate of drug-likeness (QED) is 0.877. The average molecular weight is 363 g/mol. The summed E-state index contributed by atoms with van der Waals surface area (Å²) in [7, 11) is 0. The number of nitrogens with one attached hydrogen (secondary N) is 2. The van der Waals surface area contributed by atoms with Gasteiger partial charge in [-0.15, -0.1) is 0 Å². The SMILES string of the molecule is O=C1N[C@H](CC(=O)N2CC[C@@H](c3ccccc3)C2)C(=O)Nc2ccccc21. The van der Waals surface area contributed by atoms with Crippen molar-refractivity contribution in [2.24, 2.45) is 0 Å². The van der Waals surface area contributed by atoms with Crippen LogP contribution >= 0.6 is 0 Å². The standard InChI is InChI=1S/C21H21N3O3/c25-19(24-11-10-15(13-24)14-6-2-1-3-7-14)12-18-21(27)22-17-9-5-4-8-16(17)20(26)23-18/h1-9,15,18H,10-13H2,(H,22,27)(H,23,26)/t15-,18-/m1/s1. The van der Waals surface area contributed by atoms with Crippen LogP contribution in [0.25, 0.3) is 0 Å². The lowest BCUT2D eigenvalue weighted by Crippen LogP contribution is -2.45. The van der Waals surface area contributed by atoms with Crippen LogP contribution in [0.1, 0.15) is 34.7 Å². The molecule has 0 aliphatic carbocycles. The Morgan fingerprint density at radius 1 is 1.04 bits per heavy atom. The molecule has 3 amide bonds. The Hall–Kier alpha value is -3.15. The first-order chi connectivity index (χ1) is 13.1. The first kappa shape index (κ1) is 17.3. The molecule has 1 saturated heterocycles. The van der Waals surface area contributed by atoms with Gasteiger partial charge < -0.3 is 15.5 Å². The molecular weight excluding hydrogens is 342 g/mol. The van der Waals surface area contributed by atoms with Crippen LogP contribution in [-0.4, -0.2) is 41.8 Å². The van der Waals surface area contributed by atoms with Crippen LogP contribution in [-0.2, 0) is 9.59 Å². The molecule has 2 aliphatic heterocycles. The third-order valence-electron chi connectivity index (χ3n) is 5.24. The van der Waals surface area contributed by atoms with E-state index < -0.39 is 6.04 Å². The predicted octanol–water partition coefficient (Wildman–Crippen LogP) is 2.14. The van der Waals surface area contributed by atoms with Crippen LogP contribution in [0.3, 0.4) is 0 Å². The van der Waals surface area contributed by atoms with Gasteiger partial charge in [0.1, 0.15) is 6.04 Å². The Labute approximate surface area is 157 Å². The Morgan fingerprint density at radius 2 is 1.78 bits per heavy atom. The number of carbonyl (C=O) groups is 3. The van der Waals surface area contributed by atoms with E-state index in [2.05, 4.69) is 22.8 Å². The van der Waals surface area contributed by atoms with Gasteiger partial charge in [0.25, 0.3) is 5.91 Å². The fraction of sp³-hybridized carbons (Fsp3) is 0.286. The molecule has 0 aromatic heterocycles. The summed E-state index contributed by atoms with van der Waals surface area (Å²) in [6.07, 6.45) is 0.873. The van der Waals surface area contributed by atoms with Crippen LogP contribution < -0.4 is 10.6 Å². The summed E-state index contributed by atoms with van der Waals surface area (Å²) in [5, 5.41) is 5.42. The van der Waals surface area contributed by atoms with E-state index in [1.807, 2.05) is 18.2 Å². The van der Waals surface area contributed by atoms with E-state index in [4.69, 9.17) is 0 Å². The van der Waals surface area contributed by atoms with E-state index in [-0.39, 0.29) is 24.1 Å². The number of amides is 3. The molecule has 4 rings (SSSR count). The number of hydrogen-bond donors (Lipinski definition) is 2. The van der Waals surface area contributed by atoms with Gasteiger partial charge in [0, 0.05) is 19.0 Å². The van der Waals surface area contributed by atoms with Crippen molar-refractivity contribution in [1.82, 2.24) is 10.2 Å². The van der Waals surface area contributed by atoms with Gasteiger partial charge in [0.2, 0.25) is 11.8 Å². The third-order valence-corrected chi connectivity index (χ3v) is 5.24. The molecular formula is C21H21N3O3. The van der Waals surface area contributed by atoms with E-state index in [9.17, 15) is 14.4 Å². The van der Waals surface area contributed by atoms with Crippen molar-refractivity contribution in [1.29, 1.82) is 0 Å². The number of nitrogens with zero attached hydrogens (tertiary/aromatic N) is 1. The summed E-state index contributed by atoms with van der Waals surface area (Å²) in [5.74, 6) is -0.498. The molecule has 1 fully saturated rings. The fourth-order valence-corrected chi connectivity index (χ4v) is 3.74. The van der Waals surface area contributed by atoms with Gasteiger partial charge >= 0.3 is 0 Å². The summed E-state index contributed by atoms with van der Waals surface area (Å²) in [6.45, 7) is 1.31. The largest absolute Gasteiger partial charge is 0.342 e. The molecule has 6 heteroatoms. The highest BCUT2D eigenvalue weighted by Crippen LogP contribution is 2.27. The summed E-state index contributed by atoms with van der Waals surface area (Å²) in [6, 6.07) is 16.1. The third kappa shape index (κ3) is 3.56. The minimum absolute atomic E-state index is 0.0347. The molecule has 2 aromatic rings. The Balaban J connectivity index is 1.41. The van der Waals surface area contributed by atoms with E-state index in [1.165, 1.54) is 5.56 Å². The van der Waals surface area contributed by atoms with Crippen molar-refractivity contribution < 1.29 is 14.4 Å². The van der Waals surface area contributed by atoms with E-state index >= 15 is 0 Å². The number of anilines is 1. The molecule has 2 N–H and O–H groups in total. The molecule has 0 saturated carbocycles. The van der Waals surface area contributed by atoms with Crippen LogP contribution in [0.15, 0.2) is 54.6 Å². The van der Waals surface area contributed by atoms with E-state index in [0.29, 0.717) is 30.3 Å². The second-order valence-electron chi connectivity index (χ2n) is 7.00. The number of fused-ring (bicyclic) bond motifs is 1. The molecule has 0 radical (unpaired) electrons. The number of carbonyl (C=O) groups excluding carboxylic acids is 3. The monoisotopic (exact) mass is 363 g/mol. The topological polar surface area (TPSA) is 78.5 Å². The maximum Gasteiger partial charge on any atom is 0.254 e. The second kappa shape index (κ2) is 7.23. The first-order valence-corrected chi connectivity index (χ1v) is 9.15. The van der Waals surface area contributed by atoms with Gasteiger partial charge in [0.05, 0.1) is 17.7 Å². The van der Waals surface area contributed by atoms with Crippen molar-refractivity contribution in [3.8, 4) is 0 Å².